The molecule has 0 unspecified atom stereocenters. The molecule has 0 aliphatic rings. The minimum absolute atomic E-state index is 0. The number of aromatic nitrogens is 3. The van der Waals surface area contributed by atoms with Gasteiger partial charge in [0.2, 0.25) is 0 Å². The molecule has 30 heavy (non-hydrogen) atoms. The van der Waals surface area contributed by atoms with E-state index in [1.54, 1.807) is 6.33 Å². The first-order valence-corrected chi connectivity index (χ1v) is 9.07. The maximum atomic E-state index is 6.06. The van der Waals surface area contributed by atoms with E-state index < -0.39 is 0 Å². The predicted octanol–water partition coefficient (Wildman–Crippen LogP) is 3.11. The number of amidine groups is 1. The molecule has 0 amide bonds. The molecule has 0 atom stereocenters. The van der Waals surface area contributed by atoms with Crippen molar-refractivity contribution in [3.63, 3.8) is 0 Å². The summed E-state index contributed by atoms with van der Waals surface area (Å²) >= 11 is 0. The van der Waals surface area contributed by atoms with Crippen LogP contribution >= 0.6 is 0 Å². The van der Waals surface area contributed by atoms with Crippen LogP contribution in [0.1, 0.15) is 5.56 Å². The Bertz CT molecular complexity index is 1130. The molecule has 0 saturated carbocycles. The van der Waals surface area contributed by atoms with Crippen LogP contribution in [-0.2, 0) is 11.3 Å². The van der Waals surface area contributed by atoms with Crippen molar-refractivity contribution >= 4 is 33.6 Å². The minimum atomic E-state index is 0. The zero-order valence-corrected chi connectivity index (χ0v) is 20.6. The van der Waals surface area contributed by atoms with Crippen LogP contribution < -0.4 is 11.5 Å². The minimum Gasteiger partial charge on any atom is -0.693 e. The van der Waals surface area contributed by atoms with E-state index in [1.165, 1.54) is 0 Å². The van der Waals surface area contributed by atoms with Crippen molar-refractivity contribution in [2.24, 2.45) is 10.7 Å². The van der Waals surface area contributed by atoms with Crippen molar-refractivity contribution in [3.8, 4) is 0 Å². The fourth-order valence-corrected chi connectivity index (χ4v) is 3.12. The Morgan fingerprint density at radius 2 is 2.00 bits per heavy atom. The van der Waals surface area contributed by atoms with Gasteiger partial charge in [-0.15, -0.1) is 0 Å². The molecule has 2 aromatic heterocycles. The Morgan fingerprint density at radius 3 is 2.80 bits per heavy atom. The number of fused-ring (bicyclic) bond motifs is 3. The molecule has 2 heterocycles. The van der Waals surface area contributed by atoms with E-state index in [9.17, 15) is 0 Å². The molecule has 152 valence electrons. The Hall–Kier alpha value is -2.44. The van der Waals surface area contributed by atoms with E-state index in [0.717, 1.165) is 27.5 Å². The summed E-state index contributed by atoms with van der Waals surface area (Å²) in [4.78, 5) is 13.2. The zero-order chi connectivity index (χ0) is 19.3. The summed E-state index contributed by atoms with van der Waals surface area (Å²) in [5.41, 5.74) is 15.4. The summed E-state index contributed by atoms with van der Waals surface area (Å²) in [5, 5.41) is 1.03. The Labute approximate surface area is 198 Å². The fourth-order valence-electron chi connectivity index (χ4n) is 3.12. The number of nitrogens with two attached hydrogens (primary N) is 3. The van der Waals surface area contributed by atoms with E-state index >= 15 is 0 Å². The quantitative estimate of drug-likeness (QED) is 0.140. The normalized spacial score (nSPS) is 11.3. The third-order valence-electron chi connectivity index (χ3n) is 4.48. The number of hydrogen-bond acceptors (Lipinski definition) is 5. The van der Waals surface area contributed by atoms with Crippen LogP contribution in [0, 0.1) is 37.2 Å². The molecule has 0 spiro atoms. The second kappa shape index (κ2) is 11.1. The molecule has 0 fully saturated rings. The molecule has 0 radical (unpaired) electrons. The summed E-state index contributed by atoms with van der Waals surface area (Å²) in [5.74, 6) is 0.937. The van der Waals surface area contributed by atoms with Crippen LogP contribution in [-0.4, -0.2) is 40.1 Å². The van der Waals surface area contributed by atoms with Crippen LogP contribution in [0.2, 0.25) is 0 Å². The van der Waals surface area contributed by atoms with Crippen molar-refractivity contribution in [2.75, 3.05) is 25.5 Å². The average Bonchev–Trinajstić information content (AvgIpc) is 3.16. The smallest absolute Gasteiger partial charge is 0.693 e. The summed E-state index contributed by atoms with van der Waals surface area (Å²) in [6.45, 7) is 2.20. The Kier molecular flexibility index (Phi) is 8.81. The second-order valence-electron chi connectivity index (χ2n) is 6.32. The first kappa shape index (κ1) is 23.8. The predicted molar refractivity (Wildman–Crippen MR) is 116 cm³/mol. The van der Waals surface area contributed by atoms with E-state index in [2.05, 4.69) is 21.0 Å². The molecule has 4 aromatic rings. The first-order valence-electron chi connectivity index (χ1n) is 9.07. The molecular weight excluding hydrogens is 604 g/mol. The average molecular weight is 627 g/mol. The molecule has 4 rings (SSSR count). The maximum Gasteiger partial charge on any atom is 2.00 e. The topological polar surface area (TPSA) is 138 Å². The van der Waals surface area contributed by atoms with E-state index in [0.29, 0.717) is 38.0 Å². The van der Waals surface area contributed by atoms with Crippen molar-refractivity contribution in [3.05, 3.63) is 72.6 Å². The SMILES string of the molecule is NC(=NCCOCCn1cnc2c(N)nc3ccccc3c21)c1c[c-]ccc1.[NH2-].[U+2]. The van der Waals surface area contributed by atoms with Gasteiger partial charge in [-0.1, -0.05) is 23.8 Å². The number of hydrogen-bond donors (Lipinski definition) is 2. The number of nitrogens with zero attached hydrogens (tertiary/aromatic N) is 4. The standard InChI is InChI=1S/C21H21N6O.H2N.U/c22-20(15-6-2-1-3-7-15)24-10-12-28-13-11-27-14-25-18-19(27)16-8-4-5-9-17(16)26-21(18)23;;/h1-2,4-9,14H,10-13H2,(H2,22,24)(H2,23,26);1H2;/q2*-1;+2. The molecule has 6 N–H and O–H groups in total. The summed E-state index contributed by atoms with van der Waals surface area (Å²) in [6.07, 6.45) is 1.78. The molecule has 0 aliphatic heterocycles. The van der Waals surface area contributed by atoms with Gasteiger partial charge in [-0.2, -0.15) is 30.3 Å². The summed E-state index contributed by atoms with van der Waals surface area (Å²) in [6, 6.07) is 18.3. The number of ether oxygens (including phenoxy) is 1. The van der Waals surface area contributed by atoms with Gasteiger partial charge < -0.3 is 26.9 Å². The summed E-state index contributed by atoms with van der Waals surface area (Å²) in [7, 11) is 0. The van der Waals surface area contributed by atoms with Gasteiger partial charge >= 0.3 is 31.1 Å². The van der Waals surface area contributed by atoms with Crippen molar-refractivity contribution in [1.29, 1.82) is 0 Å². The Balaban J connectivity index is 0.00000160. The molecule has 0 saturated heterocycles. The molecule has 0 bridgehead atoms. The van der Waals surface area contributed by atoms with Crippen molar-refractivity contribution in [1.82, 2.24) is 14.5 Å². The van der Waals surface area contributed by atoms with Gasteiger partial charge in [0.25, 0.3) is 0 Å². The monoisotopic (exact) mass is 627 g/mol. The number of anilines is 1. The maximum absolute atomic E-state index is 6.06. The van der Waals surface area contributed by atoms with Gasteiger partial charge in [-0.25, -0.2) is 9.97 Å². The van der Waals surface area contributed by atoms with Crippen LogP contribution in [0.25, 0.3) is 28.1 Å². The van der Waals surface area contributed by atoms with E-state index in [4.69, 9.17) is 16.2 Å². The molecule has 9 heteroatoms. The number of benzene rings is 2. The third-order valence-corrected chi connectivity index (χ3v) is 4.48. The van der Waals surface area contributed by atoms with Gasteiger partial charge in [-0.3, -0.25) is 4.99 Å². The number of rotatable bonds is 7. The van der Waals surface area contributed by atoms with Crippen LogP contribution in [0.3, 0.4) is 0 Å². The number of pyridine rings is 1. The van der Waals surface area contributed by atoms with E-state index in [-0.39, 0.29) is 37.3 Å². The van der Waals surface area contributed by atoms with Gasteiger partial charge in [0, 0.05) is 11.9 Å². The summed E-state index contributed by atoms with van der Waals surface area (Å²) < 4.78 is 7.77. The molecular formula is C21H23N7OU. The molecule has 0 aliphatic carbocycles. The van der Waals surface area contributed by atoms with Gasteiger partial charge in [0.05, 0.1) is 43.0 Å². The zero-order valence-electron chi connectivity index (χ0n) is 16.5. The Morgan fingerprint density at radius 1 is 1.17 bits per heavy atom. The number of imidazole rings is 1. The second-order valence-corrected chi connectivity index (χ2v) is 6.32. The third kappa shape index (κ3) is 5.18. The van der Waals surface area contributed by atoms with Gasteiger partial charge in [0.15, 0.2) is 5.82 Å². The fraction of sp³-hybridized carbons (Fsp3) is 0.190. The van der Waals surface area contributed by atoms with Crippen molar-refractivity contribution < 1.29 is 35.9 Å². The number of aliphatic imine (C=N–C) groups is 1. The van der Waals surface area contributed by atoms with E-state index in [1.807, 2.05) is 53.1 Å². The van der Waals surface area contributed by atoms with Crippen molar-refractivity contribution in [2.45, 2.75) is 6.54 Å². The largest absolute Gasteiger partial charge is 2.00 e. The van der Waals surface area contributed by atoms with Gasteiger partial charge in [0.1, 0.15) is 5.52 Å². The van der Waals surface area contributed by atoms with Crippen LogP contribution in [0.5, 0.6) is 0 Å². The number of nitrogen functional groups attached to an aromatic ring is 1. The van der Waals surface area contributed by atoms with Gasteiger partial charge in [-0.05, 0) is 6.07 Å². The first-order chi connectivity index (χ1) is 13.7. The number of para-hydroxylation sites is 1. The molecule has 8 nitrogen and oxygen atoms in total. The van der Waals surface area contributed by atoms with Crippen LogP contribution in [0.15, 0.2) is 59.9 Å². The molecule has 2 aromatic carbocycles. The van der Waals surface area contributed by atoms with Crippen LogP contribution in [0.4, 0.5) is 5.82 Å².